The molecular formula is C8H8N2O3. The van der Waals surface area contributed by atoms with Crippen molar-refractivity contribution in [3.8, 4) is 0 Å². The zero-order valence-corrected chi connectivity index (χ0v) is 7.02. The molecule has 0 aromatic carbocycles. The maximum atomic E-state index is 10.8. The normalized spacial score (nSPS) is 9.62. The molecule has 1 rings (SSSR count). The highest BCUT2D eigenvalue weighted by atomic mass is 16.4. The van der Waals surface area contributed by atoms with E-state index in [-0.39, 0.29) is 6.42 Å². The number of Topliss-reactive ketones (excluding diaryl/α,β-unsaturated/α-hetero) is 1. The summed E-state index contributed by atoms with van der Waals surface area (Å²) in [5, 5.41) is 8.32. The first-order chi connectivity index (χ1) is 6.09. The number of hydrogen-bond donors (Lipinski definition) is 1. The lowest BCUT2D eigenvalue weighted by molar-refractivity contribution is -0.148. The van der Waals surface area contributed by atoms with E-state index in [4.69, 9.17) is 5.11 Å². The quantitative estimate of drug-likeness (QED) is 0.661. The van der Waals surface area contributed by atoms with Crippen molar-refractivity contribution in [3.05, 3.63) is 23.8 Å². The van der Waals surface area contributed by atoms with Crippen molar-refractivity contribution in [3.63, 3.8) is 0 Å². The van der Waals surface area contributed by atoms with Crippen LogP contribution in [-0.4, -0.2) is 26.8 Å². The van der Waals surface area contributed by atoms with Crippen LogP contribution in [0.3, 0.4) is 0 Å². The van der Waals surface area contributed by atoms with Gasteiger partial charge in [0.05, 0.1) is 12.1 Å². The van der Waals surface area contributed by atoms with Gasteiger partial charge >= 0.3 is 5.97 Å². The molecule has 0 unspecified atom stereocenters. The molecule has 0 radical (unpaired) electrons. The van der Waals surface area contributed by atoms with Crippen LogP contribution in [0.4, 0.5) is 0 Å². The van der Waals surface area contributed by atoms with Gasteiger partial charge in [0, 0.05) is 6.20 Å². The van der Waals surface area contributed by atoms with E-state index in [1.807, 2.05) is 0 Å². The summed E-state index contributed by atoms with van der Waals surface area (Å²) in [5.74, 6) is -1.77. The minimum atomic E-state index is -1.43. The fourth-order valence-electron chi connectivity index (χ4n) is 0.844. The van der Waals surface area contributed by atoms with E-state index < -0.39 is 11.8 Å². The number of carboxylic acids is 1. The van der Waals surface area contributed by atoms with Crippen molar-refractivity contribution in [1.29, 1.82) is 0 Å². The van der Waals surface area contributed by atoms with Crippen molar-refractivity contribution in [1.82, 2.24) is 9.97 Å². The SMILES string of the molecule is Cc1nccc(CC(=O)C(=O)O)n1. The van der Waals surface area contributed by atoms with Gasteiger partial charge in [-0.2, -0.15) is 0 Å². The smallest absolute Gasteiger partial charge is 0.372 e. The highest BCUT2D eigenvalue weighted by Gasteiger charge is 2.12. The van der Waals surface area contributed by atoms with Crippen LogP contribution in [-0.2, 0) is 16.0 Å². The van der Waals surface area contributed by atoms with Gasteiger partial charge in [0.25, 0.3) is 0 Å². The molecule has 5 nitrogen and oxygen atoms in total. The topological polar surface area (TPSA) is 80.2 Å². The minimum Gasteiger partial charge on any atom is -0.475 e. The second kappa shape index (κ2) is 3.75. The molecule has 68 valence electrons. The number of aromatic nitrogens is 2. The van der Waals surface area contributed by atoms with Gasteiger partial charge in [0.1, 0.15) is 5.82 Å². The number of carbonyl (C=O) groups is 2. The lowest BCUT2D eigenvalue weighted by Crippen LogP contribution is -2.16. The van der Waals surface area contributed by atoms with Crippen molar-refractivity contribution >= 4 is 11.8 Å². The summed E-state index contributed by atoms with van der Waals surface area (Å²) in [7, 11) is 0. The van der Waals surface area contributed by atoms with Crippen molar-refractivity contribution < 1.29 is 14.7 Å². The van der Waals surface area contributed by atoms with Crippen LogP contribution in [0.15, 0.2) is 12.3 Å². The van der Waals surface area contributed by atoms with E-state index in [0.29, 0.717) is 11.5 Å². The molecular weight excluding hydrogens is 172 g/mol. The van der Waals surface area contributed by atoms with Crippen LogP contribution in [0, 0.1) is 6.92 Å². The molecule has 0 aliphatic rings. The average molecular weight is 180 g/mol. The van der Waals surface area contributed by atoms with Gasteiger partial charge in [0.2, 0.25) is 5.78 Å². The molecule has 0 amide bonds. The number of aryl methyl sites for hydroxylation is 1. The van der Waals surface area contributed by atoms with E-state index in [2.05, 4.69) is 9.97 Å². The van der Waals surface area contributed by atoms with E-state index in [9.17, 15) is 9.59 Å². The van der Waals surface area contributed by atoms with Crippen LogP contribution in [0.2, 0.25) is 0 Å². The lowest BCUT2D eigenvalue weighted by Gasteiger charge is -1.96. The Bertz CT molecular complexity index is 349. The number of nitrogens with zero attached hydrogens (tertiary/aromatic N) is 2. The number of hydrogen-bond acceptors (Lipinski definition) is 4. The molecule has 0 saturated heterocycles. The van der Waals surface area contributed by atoms with Gasteiger partial charge in [-0.15, -0.1) is 0 Å². The molecule has 0 saturated carbocycles. The maximum Gasteiger partial charge on any atom is 0.372 e. The molecule has 1 N–H and O–H groups in total. The Morgan fingerprint density at radius 2 is 2.23 bits per heavy atom. The third-order valence-corrected chi connectivity index (χ3v) is 1.41. The highest BCUT2D eigenvalue weighted by molar-refractivity contribution is 6.33. The van der Waals surface area contributed by atoms with Crippen LogP contribution in [0.5, 0.6) is 0 Å². The molecule has 1 aromatic rings. The Kier molecular flexibility index (Phi) is 2.69. The Morgan fingerprint density at radius 1 is 1.54 bits per heavy atom. The molecule has 0 aliphatic heterocycles. The molecule has 0 fully saturated rings. The molecule has 5 heteroatoms. The first-order valence-electron chi connectivity index (χ1n) is 3.64. The number of ketones is 1. The largest absolute Gasteiger partial charge is 0.475 e. The lowest BCUT2D eigenvalue weighted by atomic mass is 10.2. The maximum absolute atomic E-state index is 10.8. The summed E-state index contributed by atoms with van der Waals surface area (Å²) < 4.78 is 0. The van der Waals surface area contributed by atoms with Crippen LogP contribution in [0.25, 0.3) is 0 Å². The second-order valence-electron chi connectivity index (χ2n) is 2.50. The number of aliphatic carboxylic acids is 1. The predicted molar refractivity (Wildman–Crippen MR) is 43.1 cm³/mol. The van der Waals surface area contributed by atoms with Gasteiger partial charge in [0.15, 0.2) is 0 Å². The Morgan fingerprint density at radius 3 is 2.77 bits per heavy atom. The van der Waals surface area contributed by atoms with Crippen LogP contribution in [0.1, 0.15) is 11.5 Å². The summed E-state index contributed by atoms with van der Waals surface area (Å²) in [6, 6.07) is 1.52. The van der Waals surface area contributed by atoms with Crippen LogP contribution >= 0.6 is 0 Å². The zero-order valence-electron chi connectivity index (χ0n) is 7.02. The van der Waals surface area contributed by atoms with Gasteiger partial charge < -0.3 is 5.11 Å². The summed E-state index contributed by atoms with van der Waals surface area (Å²) in [6.45, 7) is 1.68. The summed E-state index contributed by atoms with van der Waals surface area (Å²) in [4.78, 5) is 28.7. The van der Waals surface area contributed by atoms with E-state index in [1.54, 1.807) is 6.92 Å². The summed E-state index contributed by atoms with van der Waals surface area (Å²) >= 11 is 0. The monoisotopic (exact) mass is 180 g/mol. The highest BCUT2D eigenvalue weighted by Crippen LogP contribution is 1.96. The summed E-state index contributed by atoms with van der Waals surface area (Å²) in [6.07, 6.45) is 1.31. The molecule has 1 heterocycles. The third-order valence-electron chi connectivity index (χ3n) is 1.41. The van der Waals surface area contributed by atoms with Gasteiger partial charge in [-0.3, -0.25) is 4.79 Å². The number of rotatable bonds is 3. The summed E-state index contributed by atoms with van der Waals surface area (Å²) in [5.41, 5.74) is 0.430. The fourth-order valence-corrected chi connectivity index (χ4v) is 0.844. The standard InChI is InChI=1S/C8H8N2O3/c1-5-9-3-2-6(10-5)4-7(11)8(12)13/h2-3H,4H2,1H3,(H,12,13). The minimum absolute atomic E-state index is 0.182. The van der Waals surface area contributed by atoms with Crippen molar-refractivity contribution in [2.24, 2.45) is 0 Å². The van der Waals surface area contributed by atoms with E-state index in [0.717, 1.165) is 0 Å². The van der Waals surface area contributed by atoms with Crippen molar-refractivity contribution in [2.75, 3.05) is 0 Å². The first kappa shape index (κ1) is 9.31. The van der Waals surface area contributed by atoms with Gasteiger partial charge in [-0.05, 0) is 13.0 Å². The molecule has 0 spiro atoms. The molecule has 13 heavy (non-hydrogen) atoms. The average Bonchev–Trinajstić information content (AvgIpc) is 2.04. The van der Waals surface area contributed by atoms with E-state index in [1.165, 1.54) is 12.3 Å². The molecule has 0 atom stereocenters. The Labute approximate surface area is 74.4 Å². The second-order valence-corrected chi connectivity index (χ2v) is 2.50. The van der Waals surface area contributed by atoms with Crippen LogP contribution < -0.4 is 0 Å². The number of carboxylic acid groups (broad SMARTS) is 1. The Balaban J connectivity index is 2.75. The molecule has 0 aliphatic carbocycles. The predicted octanol–water partition coefficient (Wildman–Crippen LogP) is -0.0188. The van der Waals surface area contributed by atoms with E-state index >= 15 is 0 Å². The first-order valence-corrected chi connectivity index (χ1v) is 3.64. The zero-order chi connectivity index (χ0) is 9.84. The van der Waals surface area contributed by atoms with Crippen molar-refractivity contribution in [2.45, 2.75) is 13.3 Å². The molecule has 0 bridgehead atoms. The van der Waals surface area contributed by atoms with Gasteiger partial charge in [-0.1, -0.05) is 0 Å². The number of carbonyl (C=O) groups excluding carboxylic acids is 1. The molecule has 1 aromatic heterocycles. The third kappa shape index (κ3) is 2.62. The Hall–Kier alpha value is -1.78. The van der Waals surface area contributed by atoms with Gasteiger partial charge in [-0.25, -0.2) is 14.8 Å². The fraction of sp³-hybridized carbons (Fsp3) is 0.250.